The van der Waals surface area contributed by atoms with Crippen molar-refractivity contribution in [3.63, 3.8) is 0 Å². The lowest BCUT2D eigenvalue weighted by Gasteiger charge is -2.29. The first-order valence-electron chi connectivity index (χ1n) is 8.40. The second-order valence-electron chi connectivity index (χ2n) is 6.05. The maximum Gasteiger partial charge on any atom is 0.271 e. The van der Waals surface area contributed by atoms with Gasteiger partial charge in [-0.05, 0) is 25.0 Å². The third-order valence-electron chi connectivity index (χ3n) is 4.14. The number of carbonyl (C=O) groups is 1. The highest BCUT2D eigenvalue weighted by atomic mass is 32.2. The number of pyridine rings is 1. The monoisotopic (exact) mass is 392 g/mol. The lowest BCUT2D eigenvalue weighted by molar-refractivity contribution is 0.0940. The largest absolute Gasteiger partial charge is 0.755 e. The summed E-state index contributed by atoms with van der Waals surface area (Å²) in [5.74, 6) is -1.26. The molecule has 0 fully saturated rings. The van der Waals surface area contributed by atoms with E-state index >= 15 is 0 Å². The maximum absolute atomic E-state index is 12.3. The van der Waals surface area contributed by atoms with E-state index in [1.807, 2.05) is 6.92 Å². The first kappa shape index (κ1) is 20.7. The van der Waals surface area contributed by atoms with E-state index in [-0.39, 0.29) is 17.9 Å². The molecule has 1 heterocycles. The molecule has 0 radical (unpaired) electrons. The third kappa shape index (κ3) is 4.55. The molecular weight excluding hydrogens is 370 g/mol. The zero-order valence-electron chi connectivity index (χ0n) is 15.4. The van der Waals surface area contributed by atoms with Crippen LogP contribution in [0.25, 0.3) is 0 Å². The summed E-state index contributed by atoms with van der Waals surface area (Å²) in [7, 11) is 1.50. The van der Waals surface area contributed by atoms with Crippen LogP contribution in [0, 0.1) is 6.92 Å². The van der Waals surface area contributed by atoms with Crippen LogP contribution in [0.1, 0.15) is 35.1 Å². The normalized spacial score (nSPS) is 11.9. The fourth-order valence-electron chi connectivity index (χ4n) is 2.68. The van der Waals surface area contributed by atoms with Crippen molar-refractivity contribution < 1.29 is 18.7 Å². The Labute approximate surface area is 159 Å². The molecule has 2 N–H and O–H groups in total. The van der Waals surface area contributed by atoms with Gasteiger partial charge in [-0.3, -0.25) is 18.1 Å². The number of carbonyl (C=O) groups excluding carboxylic acids is 1. The van der Waals surface area contributed by atoms with Crippen LogP contribution in [0.5, 0.6) is 5.75 Å². The van der Waals surface area contributed by atoms with Crippen molar-refractivity contribution >= 4 is 22.9 Å². The van der Waals surface area contributed by atoms with Crippen molar-refractivity contribution in [2.75, 3.05) is 10.8 Å². The number of anilines is 1. The van der Waals surface area contributed by atoms with Crippen LogP contribution < -0.4 is 15.1 Å². The van der Waals surface area contributed by atoms with E-state index in [2.05, 4.69) is 5.32 Å². The Morgan fingerprint density at radius 1 is 1.37 bits per heavy atom. The van der Waals surface area contributed by atoms with E-state index in [1.165, 1.54) is 11.6 Å². The SMILES string of the molecule is CCCNC(=O)c1c(O)c(=O)cc(CN(c2ccccc2C)S(=O)[O-])n1C. The van der Waals surface area contributed by atoms with Gasteiger partial charge in [0.1, 0.15) is 0 Å². The van der Waals surface area contributed by atoms with E-state index in [9.17, 15) is 23.5 Å². The van der Waals surface area contributed by atoms with Crippen molar-refractivity contribution in [1.82, 2.24) is 9.88 Å². The number of amides is 1. The number of rotatable bonds is 7. The number of nitrogens with zero attached hydrogens (tertiary/aromatic N) is 2. The summed E-state index contributed by atoms with van der Waals surface area (Å²) in [6.07, 6.45) is 0.691. The quantitative estimate of drug-likeness (QED) is 0.690. The average molecular weight is 392 g/mol. The molecule has 0 bridgehead atoms. The fraction of sp³-hybridized carbons (Fsp3) is 0.333. The van der Waals surface area contributed by atoms with E-state index < -0.39 is 28.4 Å². The molecule has 8 nitrogen and oxygen atoms in total. The summed E-state index contributed by atoms with van der Waals surface area (Å²) < 4.78 is 26.0. The molecule has 1 aromatic carbocycles. The van der Waals surface area contributed by atoms with E-state index in [1.54, 1.807) is 31.2 Å². The Morgan fingerprint density at radius 3 is 2.63 bits per heavy atom. The van der Waals surface area contributed by atoms with Crippen LogP contribution in [0.15, 0.2) is 35.1 Å². The zero-order valence-corrected chi connectivity index (χ0v) is 16.2. The third-order valence-corrected chi connectivity index (χ3v) is 4.83. The minimum absolute atomic E-state index is 0.166. The van der Waals surface area contributed by atoms with Crippen LogP contribution in [0.3, 0.4) is 0 Å². The van der Waals surface area contributed by atoms with Gasteiger partial charge in [0, 0.05) is 36.6 Å². The Balaban J connectivity index is 2.50. The van der Waals surface area contributed by atoms with E-state index in [4.69, 9.17) is 0 Å². The summed E-state index contributed by atoms with van der Waals surface area (Å²) in [5.41, 5.74) is 0.528. The molecule has 0 aliphatic rings. The molecule has 0 aliphatic carbocycles. The molecule has 2 rings (SSSR count). The number of aryl methyl sites for hydroxylation is 1. The second kappa shape index (κ2) is 8.83. The van der Waals surface area contributed by atoms with Crippen LogP contribution in [-0.2, 0) is 24.9 Å². The molecule has 27 heavy (non-hydrogen) atoms. The molecule has 0 saturated heterocycles. The van der Waals surface area contributed by atoms with Gasteiger partial charge in [-0.15, -0.1) is 0 Å². The lowest BCUT2D eigenvalue weighted by Crippen LogP contribution is -2.32. The Kier molecular flexibility index (Phi) is 6.75. The van der Waals surface area contributed by atoms with Crippen LogP contribution in [0.4, 0.5) is 5.69 Å². The summed E-state index contributed by atoms with van der Waals surface area (Å²) >= 11 is -2.60. The van der Waals surface area contributed by atoms with Gasteiger partial charge in [0.15, 0.2) is 11.4 Å². The number of hydrogen-bond acceptors (Lipinski definition) is 5. The first-order valence-corrected chi connectivity index (χ1v) is 9.43. The summed E-state index contributed by atoms with van der Waals surface area (Å²) in [6, 6.07) is 8.05. The van der Waals surface area contributed by atoms with Gasteiger partial charge in [-0.1, -0.05) is 25.1 Å². The number of para-hydroxylation sites is 1. The van der Waals surface area contributed by atoms with Gasteiger partial charge < -0.3 is 19.5 Å². The molecular formula is C18H22N3O5S-. The number of aromatic hydroxyl groups is 1. The smallest absolute Gasteiger partial charge is 0.271 e. The van der Waals surface area contributed by atoms with Crippen LogP contribution in [0.2, 0.25) is 0 Å². The predicted octanol–water partition coefficient (Wildman–Crippen LogP) is 1.34. The molecule has 1 aromatic heterocycles. The lowest BCUT2D eigenvalue weighted by atomic mass is 10.2. The molecule has 1 unspecified atom stereocenters. The molecule has 1 amide bonds. The average Bonchev–Trinajstić information content (AvgIpc) is 2.62. The Morgan fingerprint density at radius 2 is 2.04 bits per heavy atom. The van der Waals surface area contributed by atoms with Gasteiger partial charge in [-0.25, -0.2) is 0 Å². The van der Waals surface area contributed by atoms with Crippen molar-refractivity contribution in [1.29, 1.82) is 0 Å². The summed E-state index contributed by atoms with van der Waals surface area (Å²) in [6.45, 7) is 3.87. The minimum Gasteiger partial charge on any atom is -0.755 e. The molecule has 0 spiro atoms. The van der Waals surface area contributed by atoms with Gasteiger partial charge >= 0.3 is 0 Å². The zero-order chi connectivity index (χ0) is 20.1. The number of benzene rings is 1. The molecule has 0 aliphatic heterocycles. The highest BCUT2D eigenvalue weighted by Crippen LogP contribution is 2.23. The van der Waals surface area contributed by atoms with Crippen molar-refractivity contribution in [2.45, 2.75) is 26.8 Å². The second-order valence-corrected chi connectivity index (χ2v) is 6.93. The van der Waals surface area contributed by atoms with E-state index in [0.717, 1.165) is 15.9 Å². The van der Waals surface area contributed by atoms with Crippen molar-refractivity contribution in [3.8, 4) is 5.75 Å². The molecule has 1 atom stereocenters. The first-order chi connectivity index (χ1) is 12.8. The minimum atomic E-state index is -2.60. The van der Waals surface area contributed by atoms with Crippen LogP contribution >= 0.6 is 0 Å². The van der Waals surface area contributed by atoms with E-state index in [0.29, 0.717) is 18.7 Å². The number of nitrogens with one attached hydrogen (secondary N) is 1. The summed E-state index contributed by atoms with van der Waals surface area (Å²) in [4.78, 5) is 24.5. The standard InChI is InChI=1S/C18H23N3O5S/c1-4-9-19-18(24)16-17(23)15(22)10-13(20(16)3)11-21(27(25)26)14-8-6-5-7-12(14)2/h5-8,10,23H,4,9,11H2,1-3H3,(H,19,24)(H,25,26)/p-1. The summed E-state index contributed by atoms with van der Waals surface area (Å²) in [5, 5.41) is 12.7. The predicted molar refractivity (Wildman–Crippen MR) is 102 cm³/mol. The van der Waals surface area contributed by atoms with Crippen molar-refractivity contribution in [2.24, 2.45) is 7.05 Å². The maximum atomic E-state index is 12.3. The van der Waals surface area contributed by atoms with Gasteiger partial charge in [0.25, 0.3) is 5.91 Å². The molecule has 9 heteroatoms. The topological polar surface area (TPSA) is 115 Å². The van der Waals surface area contributed by atoms with Crippen molar-refractivity contribution in [3.05, 3.63) is 57.5 Å². The number of aromatic nitrogens is 1. The van der Waals surface area contributed by atoms with Gasteiger partial charge in [-0.2, -0.15) is 0 Å². The highest BCUT2D eigenvalue weighted by molar-refractivity contribution is 7.80. The van der Waals surface area contributed by atoms with Crippen LogP contribution in [-0.4, -0.2) is 30.9 Å². The molecule has 2 aromatic rings. The Bertz CT molecular complexity index is 926. The van der Waals surface area contributed by atoms with Gasteiger partial charge in [0.2, 0.25) is 5.43 Å². The highest BCUT2D eigenvalue weighted by Gasteiger charge is 2.21. The number of hydrogen-bond donors (Lipinski definition) is 2. The fourth-order valence-corrected chi connectivity index (χ4v) is 3.28. The molecule has 0 saturated carbocycles. The Hall–Kier alpha value is -2.65. The van der Waals surface area contributed by atoms with Gasteiger partial charge in [0.05, 0.1) is 12.2 Å². The molecule has 146 valence electrons.